The molecule has 0 spiro atoms. The largest absolute Gasteiger partial charge is 0.502 e. The van der Waals surface area contributed by atoms with Crippen LogP contribution in [0, 0.1) is 21.4 Å². The van der Waals surface area contributed by atoms with E-state index >= 15 is 0 Å². The number of nitriles is 1. The fraction of sp³-hybridized carbons (Fsp3) is 0.167. The van der Waals surface area contributed by atoms with Crippen molar-refractivity contribution < 1.29 is 19.6 Å². The van der Waals surface area contributed by atoms with Crippen molar-refractivity contribution in [2.75, 3.05) is 6.61 Å². The van der Waals surface area contributed by atoms with Crippen LogP contribution in [0.4, 0.5) is 5.69 Å². The summed E-state index contributed by atoms with van der Waals surface area (Å²) in [5.41, 5.74) is -0.536. The average molecular weight is 262 g/mol. The van der Waals surface area contributed by atoms with Gasteiger partial charge in [-0.2, -0.15) is 5.26 Å². The van der Waals surface area contributed by atoms with Crippen molar-refractivity contribution >= 4 is 17.7 Å². The molecule has 1 aromatic carbocycles. The van der Waals surface area contributed by atoms with Crippen molar-refractivity contribution in [3.63, 3.8) is 0 Å². The predicted molar refractivity (Wildman–Crippen MR) is 65.0 cm³/mol. The van der Waals surface area contributed by atoms with Gasteiger partial charge >= 0.3 is 11.7 Å². The minimum atomic E-state index is -0.805. The number of hydrogen-bond donors (Lipinski definition) is 1. The van der Waals surface area contributed by atoms with Gasteiger partial charge < -0.3 is 9.84 Å². The Morgan fingerprint density at radius 3 is 2.84 bits per heavy atom. The maximum absolute atomic E-state index is 11.4. The number of nitro groups is 1. The van der Waals surface area contributed by atoms with Gasteiger partial charge in [0, 0.05) is 6.07 Å². The third-order valence-corrected chi connectivity index (χ3v) is 2.12. The Bertz CT molecular complexity index is 586. The average Bonchev–Trinajstić information content (AvgIpc) is 2.37. The van der Waals surface area contributed by atoms with Crippen molar-refractivity contribution in [1.29, 1.82) is 5.26 Å². The van der Waals surface area contributed by atoms with E-state index in [2.05, 4.69) is 4.74 Å². The highest BCUT2D eigenvalue weighted by molar-refractivity contribution is 5.98. The highest BCUT2D eigenvalue weighted by Crippen LogP contribution is 2.27. The standard InChI is InChI=1S/C12H10N2O5/c1-2-19-12(16)9(7-13)5-8-3-4-11(15)10(6-8)14(17)18/h3-6,15H,2H2,1H3. The lowest BCUT2D eigenvalue weighted by molar-refractivity contribution is -0.385. The number of benzene rings is 1. The summed E-state index contributed by atoms with van der Waals surface area (Å²) in [6.45, 7) is 1.71. The van der Waals surface area contributed by atoms with Gasteiger partial charge in [0.05, 0.1) is 11.5 Å². The summed E-state index contributed by atoms with van der Waals surface area (Å²) in [4.78, 5) is 21.2. The van der Waals surface area contributed by atoms with Crippen molar-refractivity contribution in [2.24, 2.45) is 0 Å². The van der Waals surface area contributed by atoms with Crippen molar-refractivity contribution in [1.82, 2.24) is 0 Å². The van der Waals surface area contributed by atoms with E-state index in [1.807, 2.05) is 0 Å². The van der Waals surface area contributed by atoms with E-state index in [4.69, 9.17) is 5.26 Å². The smallest absolute Gasteiger partial charge is 0.348 e. The highest BCUT2D eigenvalue weighted by atomic mass is 16.6. The molecule has 19 heavy (non-hydrogen) atoms. The van der Waals surface area contributed by atoms with Crippen LogP contribution >= 0.6 is 0 Å². The third-order valence-electron chi connectivity index (χ3n) is 2.12. The van der Waals surface area contributed by atoms with Gasteiger partial charge in [0.25, 0.3) is 0 Å². The first kappa shape index (κ1) is 14.2. The number of phenols is 1. The number of nitro benzene ring substituents is 1. The molecule has 1 rings (SSSR count). The zero-order chi connectivity index (χ0) is 14.4. The number of esters is 1. The number of nitrogens with zero attached hydrogens (tertiary/aromatic N) is 2. The van der Waals surface area contributed by atoms with E-state index in [1.165, 1.54) is 6.07 Å². The van der Waals surface area contributed by atoms with Crippen LogP contribution in [-0.4, -0.2) is 22.6 Å². The first-order valence-electron chi connectivity index (χ1n) is 5.26. The Hall–Kier alpha value is -2.88. The lowest BCUT2D eigenvalue weighted by Crippen LogP contribution is -2.06. The molecule has 0 atom stereocenters. The number of carbonyl (C=O) groups is 1. The number of ether oxygens (including phenoxy) is 1. The van der Waals surface area contributed by atoms with Gasteiger partial charge in [0.1, 0.15) is 11.6 Å². The molecular formula is C12H10N2O5. The second-order valence-corrected chi connectivity index (χ2v) is 3.40. The monoisotopic (exact) mass is 262 g/mol. The van der Waals surface area contributed by atoms with Gasteiger partial charge in [-0.05, 0) is 24.6 Å². The summed E-state index contributed by atoms with van der Waals surface area (Å²) >= 11 is 0. The topological polar surface area (TPSA) is 113 Å². The molecule has 1 aromatic rings. The second-order valence-electron chi connectivity index (χ2n) is 3.40. The van der Waals surface area contributed by atoms with Crippen LogP contribution < -0.4 is 0 Å². The van der Waals surface area contributed by atoms with E-state index in [0.29, 0.717) is 0 Å². The van der Waals surface area contributed by atoms with Crippen LogP contribution in [0.25, 0.3) is 6.08 Å². The first-order valence-corrected chi connectivity index (χ1v) is 5.26. The number of carbonyl (C=O) groups excluding carboxylic acids is 1. The van der Waals surface area contributed by atoms with Crippen LogP contribution in [0.2, 0.25) is 0 Å². The van der Waals surface area contributed by atoms with Crippen LogP contribution in [-0.2, 0) is 9.53 Å². The molecule has 0 saturated carbocycles. The Morgan fingerprint density at radius 2 is 2.32 bits per heavy atom. The lowest BCUT2D eigenvalue weighted by Gasteiger charge is -2.00. The molecule has 0 aliphatic rings. The molecule has 0 amide bonds. The van der Waals surface area contributed by atoms with Crippen LogP contribution in [0.3, 0.4) is 0 Å². The quantitative estimate of drug-likeness (QED) is 0.291. The molecule has 0 unspecified atom stereocenters. The maximum Gasteiger partial charge on any atom is 0.348 e. The number of hydrogen-bond acceptors (Lipinski definition) is 6. The molecule has 0 fully saturated rings. The van der Waals surface area contributed by atoms with E-state index in [1.54, 1.807) is 13.0 Å². The fourth-order valence-electron chi connectivity index (χ4n) is 1.29. The molecule has 0 aliphatic carbocycles. The summed E-state index contributed by atoms with van der Waals surface area (Å²) in [5, 5.41) is 28.7. The summed E-state index contributed by atoms with van der Waals surface area (Å²) in [6, 6.07) is 5.18. The SMILES string of the molecule is CCOC(=O)C(C#N)=Cc1ccc(O)c([N+](=O)[O-])c1. The molecule has 0 aromatic heterocycles. The molecule has 0 aliphatic heterocycles. The number of phenolic OH excluding ortho intramolecular Hbond substituents is 1. The molecule has 0 radical (unpaired) electrons. The highest BCUT2D eigenvalue weighted by Gasteiger charge is 2.15. The third kappa shape index (κ3) is 3.54. The van der Waals surface area contributed by atoms with Crippen LogP contribution in [0.15, 0.2) is 23.8 Å². The second kappa shape index (κ2) is 6.16. The van der Waals surface area contributed by atoms with Crippen molar-refractivity contribution in [2.45, 2.75) is 6.92 Å². The molecule has 7 heteroatoms. The van der Waals surface area contributed by atoms with E-state index in [0.717, 1.165) is 18.2 Å². The Balaban J connectivity index is 3.17. The predicted octanol–water partition coefficient (Wildman–Crippen LogP) is 1.77. The van der Waals surface area contributed by atoms with Gasteiger partial charge in [-0.25, -0.2) is 4.79 Å². The van der Waals surface area contributed by atoms with E-state index < -0.39 is 22.3 Å². The number of rotatable bonds is 4. The molecule has 0 saturated heterocycles. The zero-order valence-electron chi connectivity index (χ0n) is 9.99. The number of aromatic hydroxyl groups is 1. The molecule has 98 valence electrons. The van der Waals surface area contributed by atoms with Gasteiger partial charge in [0.15, 0.2) is 5.75 Å². The minimum absolute atomic E-state index is 0.119. The van der Waals surface area contributed by atoms with Gasteiger partial charge in [-0.3, -0.25) is 10.1 Å². The van der Waals surface area contributed by atoms with Gasteiger partial charge in [-0.15, -0.1) is 0 Å². The van der Waals surface area contributed by atoms with Gasteiger partial charge in [0.2, 0.25) is 0 Å². The van der Waals surface area contributed by atoms with E-state index in [9.17, 15) is 20.0 Å². The summed E-state index contributed by atoms with van der Waals surface area (Å²) in [5.74, 6) is -1.29. The van der Waals surface area contributed by atoms with Crippen molar-refractivity contribution in [3.8, 4) is 11.8 Å². The molecule has 1 N–H and O–H groups in total. The zero-order valence-corrected chi connectivity index (χ0v) is 9.99. The van der Waals surface area contributed by atoms with Crippen LogP contribution in [0.5, 0.6) is 5.75 Å². The summed E-state index contributed by atoms with van der Waals surface area (Å²) in [7, 11) is 0. The van der Waals surface area contributed by atoms with Crippen molar-refractivity contribution in [3.05, 3.63) is 39.4 Å². The Morgan fingerprint density at radius 1 is 1.63 bits per heavy atom. The Labute approximate surface area is 108 Å². The normalized spacial score (nSPS) is 10.6. The first-order chi connectivity index (χ1) is 8.99. The molecule has 0 heterocycles. The van der Waals surface area contributed by atoms with Crippen LogP contribution in [0.1, 0.15) is 12.5 Å². The van der Waals surface area contributed by atoms with E-state index in [-0.39, 0.29) is 17.7 Å². The van der Waals surface area contributed by atoms with Gasteiger partial charge in [-0.1, -0.05) is 6.07 Å². The summed E-state index contributed by atoms with van der Waals surface area (Å²) in [6.07, 6.45) is 1.16. The molecular weight excluding hydrogens is 252 g/mol. The fourth-order valence-corrected chi connectivity index (χ4v) is 1.29. The Kier molecular flexibility index (Phi) is 4.60. The maximum atomic E-state index is 11.4. The summed E-state index contributed by atoms with van der Waals surface area (Å²) < 4.78 is 4.66. The lowest BCUT2D eigenvalue weighted by atomic mass is 10.1. The molecule has 0 bridgehead atoms. The minimum Gasteiger partial charge on any atom is -0.502 e. The molecule has 7 nitrogen and oxygen atoms in total.